The Labute approximate surface area is 129 Å². The third kappa shape index (κ3) is 4.79. The summed E-state index contributed by atoms with van der Waals surface area (Å²) >= 11 is 1.73. The third-order valence-electron chi connectivity index (χ3n) is 2.95. The third-order valence-corrected chi connectivity index (χ3v) is 3.83. The normalized spacial score (nSPS) is 11.2. The Bertz CT molecular complexity index is 567. The lowest BCUT2D eigenvalue weighted by Gasteiger charge is -2.14. The fourth-order valence-electron chi connectivity index (χ4n) is 1.93. The molecular weight excluding hydrogens is 282 g/mol. The lowest BCUT2D eigenvalue weighted by Crippen LogP contribution is -2.36. The van der Waals surface area contributed by atoms with Crippen LogP contribution in [0.25, 0.3) is 0 Å². The van der Waals surface area contributed by atoms with Gasteiger partial charge in [-0.3, -0.25) is 4.99 Å². The summed E-state index contributed by atoms with van der Waals surface area (Å²) in [7, 11) is 1.78. The van der Waals surface area contributed by atoms with Gasteiger partial charge in [-0.1, -0.05) is 24.3 Å². The van der Waals surface area contributed by atoms with Gasteiger partial charge in [-0.25, -0.2) is 0 Å². The highest BCUT2D eigenvalue weighted by atomic mass is 32.1. The van der Waals surface area contributed by atoms with Crippen molar-refractivity contribution in [2.24, 2.45) is 4.99 Å². The van der Waals surface area contributed by atoms with Crippen molar-refractivity contribution in [3.8, 4) is 5.75 Å². The second-order valence-electron chi connectivity index (χ2n) is 4.40. The van der Waals surface area contributed by atoms with E-state index in [-0.39, 0.29) is 0 Å². The maximum Gasteiger partial charge on any atom is 0.191 e. The fourth-order valence-corrected chi connectivity index (χ4v) is 2.57. The summed E-state index contributed by atoms with van der Waals surface area (Å²) in [4.78, 5) is 5.52. The molecule has 2 rings (SSSR count). The van der Waals surface area contributed by atoms with Gasteiger partial charge in [0.15, 0.2) is 5.96 Å². The maximum atomic E-state index is 5.62. The Hall–Kier alpha value is -2.01. The van der Waals surface area contributed by atoms with E-state index < -0.39 is 0 Å². The van der Waals surface area contributed by atoms with E-state index in [9.17, 15) is 0 Å². The molecule has 0 fully saturated rings. The highest BCUT2D eigenvalue weighted by molar-refractivity contribution is 7.09. The number of thiophene rings is 1. The number of rotatable bonds is 6. The first-order valence-electron chi connectivity index (χ1n) is 7.01. The first-order valence-corrected chi connectivity index (χ1v) is 7.89. The van der Waals surface area contributed by atoms with E-state index in [0.29, 0.717) is 13.2 Å². The van der Waals surface area contributed by atoms with E-state index in [4.69, 9.17) is 4.74 Å². The van der Waals surface area contributed by atoms with Gasteiger partial charge < -0.3 is 15.4 Å². The predicted octanol–water partition coefficient (Wildman–Crippen LogP) is 3.01. The Morgan fingerprint density at radius 3 is 2.67 bits per heavy atom. The summed E-state index contributed by atoms with van der Waals surface area (Å²) in [5, 5.41) is 8.69. The van der Waals surface area contributed by atoms with Crippen LogP contribution in [0.3, 0.4) is 0 Å². The molecule has 1 aromatic carbocycles. The number of nitrogens with one attached hydrogen (secondary N) is 2. The smallest absolute Gasteiger partial charge is 0.191 e. The number of ether oxygens (including phenoxy) is 1. The highest BCUT2D eigenvalue weighted by Gasteiger charge is 2.04. The molecule has 0 spiro atoms. The molecular formula is C16H21N3OS. The monoisotopic (exact) mass is 303 g/mol. The van der Waals surface area contributed by atoms with Crippen molar-refractivity contribution in [1.82, 2.24) is 10.6 Å². The summed E-state index contributed by atoms with van der Waals surface area (Å²) in [6.45, 7) is 4.12. The second kappa shape index (κ2) is 8.32. The summed E-state index contributed by atoms with van der Waals surface area (Å²) in [6.07, 6.45) is 0. The number of guanidine groups is 1. The molecule has 0 amide bonds. The Morgan fingerprint density at radius 1 is 1.14 bits per heavy atom. The summed E-state index contributed by atoms with van der Waals surface area (Å²) in [5.41, 5.74) is 1.12. The van der Waals surface area contributed by atoms with E-state index in [1.165, 1.54) is 4.88 Å². The average Bonchev–Trinajstić information content (AvgIpc) is 3.02. The SMILES string of the molecule is CCOc1ccccc1CNC(=NC)NCc1cccs1. The molecule has 21 heavy (non-hydrogen) atoms. The van der Waals surface area contributed by atoms with Crippen molar-refractivity contribution >= 4 is 17.3 Å². The molecule has 0 atom stereocenters. The van der Waals surface area contributed by atoms with Gasteiger partial charge in [0.25, 0.3) is 0 Å². The molecule has 0 aliphatic heterocycles. The molecule has 0 bridgehead atoms. The van der Waals surface area contributed by atoms with E-state index in [1.54, 1.807) is 18.4 Å². The zero-order chi connectivity index (χ0) is 14.9. The number of benzene rings is 1. The molecule has 2 aromatic rings. The number of hydrogen-bond acceptors (Lipinski definition) is 3. The number of aliphatic imine (C=N–C) groups is 1. The Morgan fingerprint density at radius 2 is 1.95 bits per heavy atom. The van der Waals surface area contributed by atoms with Crippen LogP contribution < -0.4 is 15.4 Å². The lowest BCUT2D eigenvalue weighted by molar-refractivity contribution is 0.336. The minimum Gasteiger partial charge on any atom is -0.494 e. The number of nitrogens with zero attached hydrogens (tertiary/aromatic N) is 1. The van der Waals surface area contributed by atoms with Gasteiger partial charge in [0, 0.05) is 24.0 Å². The van der Waals surface area contributed by atoms with Crippen molar-refractivity contribution in [3.05, 3.63) is 52.2 Å². The summed E-state index contributed by atoms with van der Waals surface area (Å²) in [6, 6.07) is 12.2. The van der Waals surface area contributed by atoms with Gasteiger partial charge in [-0.15, -0.1) is 11.3 Å². The molecule has 0 aliphatic rings. The standard InChI is InChI=1S/C16H21N3OS/c1-3-20-15-9-5-4-7-13(15)11-18-16(17-2)19-12-14-8-6-10-21-14/h4-10H,3,11-12H2,1-2H3,(H2,17,18,19). The van der Waals surface area contributed by atoms with E-state index in [0.717, 1.165) is 23.8 Å². The highest BCUT2D eigenvalue weighted by Crippen LogP contribution is 2.17. The lowest BCUT2D eigenvalue weighted by atomic mass is 10.2. The van der Waals surface area contributed by atoms with Crippen LogP contribution in [0.2, 0.25) is 0 Å². The summed E-state index contributed by atoms with van der Waals surface area (Å²) < 4.78 is 5.62. The van der Waals surface area contributed by atoms with Crippen molar-refractivity contribution in [2.45, 2.75) is 20.0 Å². The van der Waals surface area contributed by atoms with Crippen molar-refractivity contribution < 1.29 is 4.74 Å². The fraction of sp³-hybridized carbons (Fsp3) is 0.312. The Balaban J connectivity index is 1.88. The van der Waals surface area contributed by atoms with E-state index >= 15 is 0 Å². The van der Waals surface area contributed by atoms with Crippen molar-refractivity contribution in [3.63, 3.8) is 0 Å². The van der Waals surface area contributed by atoms with Crippen LogP contribution in [0.4, 0.5) is 0 Å². The van der Waals surface area contributed by atoms with E-state index in [1.807, 2.05) is 25.1 Å². The molecule has 1 heterocycles. The minimum atomic E-state index is 0.669. The van der Waals surface area contributed by atoms with Crippen molar-refractivity contribution in [1.29, 1.82) is 0 Å². The van der Waals surface area contributed by atoms with Crippen LogP contribution in [-0.2, 0) is 13.1 Å². The second-order valence-corrected chi connectivity index (χ2v) is 5.43. The van der Waals surface area contributed by atoms with E-state index in [2.05, 4.69) is 39.2 Å². The van der Waals surface area contributed by atoms with Gasteiger partial charge in [0.2, 0.25) is 0 Å². The number of para-hydroxylation sites is 1. The first kappa shape index (κ1) is 15.4. The molecule has 1 aromatic heterocycles. The minimum absolute atomic E-state index is 0.669. The molecule has 4 nitrogen and oxygen atoms in total. The zero-order valence-corrected chi connectivity index (χ0v) is 13.2. The zero-order valence-electron chi connectivity index (χ0n) is 12.4. The molecule has 112 valence electrons. The molecule has 0 unspecified atom stereocenters. The van der Waals surface area contributed by atoms with Crippen molar-refractivity contribution in [2.75, 3.05) is 13.7 Å². The average molecular weight is 303 g/mol. The molecule has 0 radical (unpaired) electrons. The van der Waals surface area contributed by atoms with Gasteiger partial charge in [0.05, 0.1) is 13.2 Å². The first-order chi connectivity index (χ1) is 10.3. The molecule has 0 saturated heterocycles. The molecule has 0 aliphatic carbocycles. The van der Waals surface area contributed by atoms with Gasteiger partial charge in [0.1, 0.15) is 5.75 Å². The van der Waals surface area contributed by atoms with Gasteiger partial charge in [-0.2, -0.15) is 0 Å². The molecule has 2 N–H and O–H groups in total. The van der Waals surface area contributed by atoms with Crippen LogP contribution in [0, 0.1) is 0 Å². The Kier molecular flexibility index (Phi) is 6.09. The maximum absolute atomic E-state index is 5.62. The summed E-state index contributed by atoms with van der Waals surface area (Å²) in [5.74, 6) is 1.70. The molecule has 5 heteroatoms. The quantitative estimate of drug-likeness (QED) is 0.637. The number of hydrogen-bond donors (Lipinski definition) is 2. The molecule has 0 saturated carbocycles. The largest absolute Gasteiger partial charge is 0.494 e. The van der Waals surface area contributed by atoms with Crippen LogP contribution in [0.15, 0.2) is 46.8 Å². The van der Waals surface area contributed by atoms with Gasteiger partial charge in [-0.05, 0) is 24.4 Å². The van der Waals surface area contributed by atoms with Crippen LogP contribution >= 0.6 is 11.3 Å². The predicted molar refractivity (Wildman–Crippen MR) is 89.0 cm³/mol. The van der Waals surface area contributed by atoms with Crippen LogP contribution in [-0.4, -0.2) is 19.6 Å². The van der Waals surface area contributed by atoms with Gasteiger partial charge >= 0.3 is 0 Å². The topological polar surface area (TPSA) is 45.6 Å². The van der Waals surface area contributed by atoms with Crippen LogP contribution in [0.5, 0.6) is 5.75 Å². The van der Waals surface area contributed by atoms with Crippen LogP contribution in [0.1, 0.15) is 17.4 Å².